The summed E-state index contributed by atoms with van der Waals surface area (Å²) in [6, 6.07) is 0. The molecule has 0 unspecified atom stereocenters. The van der Waals surface area contributed by atoms with Crippen molar-refractivity contribution in [2.24, 2.45) is 0 Å². The first-order valence-electron chi connectivity index (χ1n) is 5.03. The third-order valence-corrected chi connectivity index (χ3v) is 4.99. The molecule has 0 aliphatic heterocycles. The zero-order chi connectivity index (χ0) is 10.8. The monoisotopic (exact) mass is 272 g/mol. The number of halogens is 2. The van der Waals surface area contributed by atoms with Crippen LogP contribution in [0, 0.1) is 0 Å². The summed E-state index contributed by atoms with van der Waals surface area (Å²) in [5, 5.41) is 0. The number of unbranched alkanes of at least 4 members (excludes halogenated alkanes) is 2. The van der Waals surface area contributed by atoms with Gasteiger partial charge in [0.15, 0.2) is 0 Å². The fourth-order valence-corrected chi connectivity index (χ4v) is 3.32. The first kappa shape index (κ1) is 15.0. The van der Waals surface area contributed by atoms with Gasteiger partial charge in [-0.15, -0.1) is 23.5 Å². The summed E-state index contributed by atoms with van der Waals surface area (Å²) in [7, 11) is 0. The molecule has 0 saturated heterocycles. The average Bonchev–Trinajstić information content (AvgIpc) is 2.18. The van der Waals surface area contributed by atoms with Crippen LogP contribution in [-0.4, -0.2) is 11.5 Å². The van der Waals surface area contributed by atoms with Gasteiger partial charge in [-0.3, -0.25) is 0 Å². The minimum atomic E-state index is 0.765. The Morgan fingerprint density at radius 1 is 0.857 bits per heavy atom. The Kier molecular flexibility index (Phi) is 11.3. The summed E-state index contributed by atoms with van der Waals surface area (Å²) in [6.07, 6.45) is 4.81. The zero-order valence-electron chi connectivity index (χ0n) is 8.82. The molecule has 0 amide bonds. The molecule has 0 bridgehead atoms. The van der Waals surface area contributed by atoms with Gasteiger partial charge >= 0.3 is 0 Å². The SMILES string of the molecule is CCCCS/C(Cl)=C(\Cl)SCCCC. The second-order valence-corrected chi connectivity index (χ2v) is 6.37. The molecule has 0 heterocycles. The van der Waals surface area contributed by atoms with Gasteiger partial charge in [0.1, 0.15) is 0 Å². The number of hydrogen-bond acceptors (Lipinski definition) is 2. The van der Waals surface area contributed by atoms with E-state index in [9.17, 15) is 0 Å². The van der Waals surface area contributed by atoms with Gasteiger partial charge in [0.05, 0.1) is 8.73 Å². The molecule has 0 aromatic carbocycles. The van der Waals surface area contributed by atoms with Crippen LogP contribution in [0.1, 0.15) is 39.5 Å². The molecular formula is C10H18Cl2S2. The third kappa shape index (κ3) is 8.34. The summed E-state index contributed by atoms with van der Waals surface area (Å²) in [4.78, 5) is 0. The summed E-state index contributed by atoms with van der Waals surface area (Å²) >= 11 is 15.4. The van der Waals surface area contributed by atoms with E-state index < -0.39 is 0 Å². The first-order chi connectivity index (χ1) is 6.72. The van der Waals surface area contributed by atoms with Gasteiger partial charge in [0.25, 0.3) is 0 Å². The van der Waals surface area contributed by atoms with Gasteiger partial charge in [0, 0.05) is 0 Å². The molecule has 0 saturated carbocycles. The van der Waals surface area contributed by atoms with E-state index in [1.54, 1.807) is 23.5 Å². The van der Waals surface area contributed by atoms with Crippen LogP contribution >= 0.6 is 46.7 Å². The topological polar surface area (TPSA) is 0 Å². The highest BCUT2D eigenvalue weighted by Gasteiger charge is 2.02. The molecule has 0 aromatic rings. The van der Waals surface area contributed by atoms with Crippen LogP contribution in [0.3, 0.4) is 0 Å². The second-order valence-electron chi connectivity index (χ2n) is 2.95. The lowest BCUT2D eigenvalue weighted by molar-refractivity contribution is 0.897. The van der Waals surface area contributed by atoms with E-state index in [0.29, 0.717) is 0 Å². The minimum Gasteiger partial charge on any atom is -0.112 e. The Morgan fingerprint density at radius 2 is 1.21 bits per heavy atom. The zero-order valence-corrected chi connectivity index (χ0v) is 12.0. The largest absolute Gasteiger partial charge is 0.112 e. The van der Waals surface area contributed by atoms with E-state index in [-0.39, 0.29) is 0 Å². The molecule has 4 heteroatoms. The van der Waals surface area contributed by atoms with Crippen LogP contribution < -0.4 is 0 Å². The predicted molar refractivity (Wildman–Crippen MR) is 73.5 cm³/mol. The maximum Gasteiger partial charge on any atom is 0.0986 e. The van der Waals surface area contributed by atoms with Gasteiger partial charge in [-0.25, -0.2) is 0 Å². The van der Waals surface area contributed by atoms with Crippen LogP contribution in [0.4, 0.5) is 0 Å². The van der Waals surface area contributed by atoms with Crippen molar-refractivity contribution < 1.29 is 0 Å². The molecule has 0 rings (SSSR count). The lowest BCUT2D eigenvalue weighted by Gasteiger charge is -2.02. The smallest absolute Gasteiger partial charge is 0.0986 e. The lowest BCUT2D eigenvalue weighted by atomic mass is 10.4. The Morgan fingerprint density at radius 3 is 1.50 bits per heavy atom. The average molecular weight is 273 g/mol. The fraction of sp³-hybridized carbons (Fsp3) is 0.800. The summed E-state index contributed by atoms with van der Waals surface area (Å²) in [5.41, 5.74) is 0. The van der Waals surface area contributed by atoms with Gasteiger partial charge in [-0.05, 0) is 24.3 Å². The molecule has 0 fully saturated rings. The number of rotatable bonds is 8. The van der Waals surface area contributed by atoms with E-state index in [4.69, 9.17) is 23.2 Å². The van der Waals surface area contributed by atoms with E-state index in [2.05, 4.69) is 13.8 Å². The lowest BCUT2D eigenvalue weighted by Crippen LogP contribution is -1.80. The molecule has 0 aliphatic carbocycles. The highest BCUT2D eigenvalue weighted by molar-refractivity contribution is 8.08. The second kappa shape index (κ2) is 10.5. The standard InChI is InChI=1S/C10H18Cl2S2/c1-3-5-7-13-9(11)10(12)14-8-6-4-2/h3-8H2,1-2H3/b10-9+. The maximum atomic E-state index is 6.04. The van der Waals surface area contributed by atoms with Crippen LogP contribution in [0.15, 0.2) is 8.73 Å². The van der Waals surface area contributed by atoms with Crippen molar-refractivity contribution in [3.8, 4) is 0 Å². The Hall–Kier alpha value is 1.02. The highest BCUT2D eigenvalue weighted by atomic mass is 35.5. The first-order valence-corrected chi connectivity index (χ1v) is 7.75. The van der Waals surface area contributed by atoms with Gasteiger partial charge in [0.2, 0.25) is 0 Å². The molecule has 14 heavy (non-hydrogen) atoms. The maximum absolute atomic E-state index is 6.04. The van der Waals surface area contributed by atoms with Crippen molar-refractivity contribution >= 4 is 46.7 Å². The van der Waals surface area contributed by atoms with E-state index >= 15 is 0 Å². The molecule has 0 aromatic heterocycles. The Balaban J connectivity index is 3.66. The molecule has 0 spiro atoms. The van der Waals surface area contributed by atoms with Gasteiger partial charge in [-0.1, -0.05) is 49.9 Å². The molecular weight excluding hydrogens is 255 g/mol. The fourth-order valence-electron chi connectivity index (χ4n) is 0.726. The van der Waals surface area contributed by atoms with Crippen LogP contribution in [-0.2, 0) is 0 Å². The van der Waals surface area contributed by atoms with E-state index in [1.807, 2.05) is 0 Å². The minimum absolute atomic E-state index is 0.765. The van der Waals surface area contributed by atoms with E-state index in [0.717, 1.165) is 20.2 Å². The van der Waals surface area contributed by atoms with Crippen molar-refractivity contribution in [1.29, 1.82) is 0 Å². The molecule has 0 nitrogen and oxygen atoms in total. The Labute approximate surface area is 106 Å². The van der Waals surface area contributed by atoms with Crippen LogP contribution in [0.2, 0.25) is 0 Å². The number of hydrogen-bond donors (Lipinski definition) is 0. The molecule has 0 radical (unpaired) electrons. The van der Waals surface area contributed by atoms with Gasteiger partial charge in [-0.2, -0.15) is 0 Å². The van der Waals surface area contributed by atoms with E-state index in [1.165, 1.54) is 25.7 Å². The van der Waals surface area contributed by atoms with Crippen LogP contribution in [0.5, 0.6) is 0 Å². The highest BCUT2D eigenvalue weighted by Crippen LogP contribution is 2.34. The van der Waals surface area contributed by atoms with Crippen molar-refractivity contribution in [3.63, 3.8) is 0 Å². The van der Waals surface area contributed by atoms with Gasteiger partial charge < -0.3 is 0 Å². The number of thioether (sulfide) groups is 2. The van der Waals surface area contributed by atoms with Crippen molar-refractivity contribution in [1.82, 2.24) is 0 Å². The Bertz CT molecular complexity index is 152. The summed E-state index contributed by atoms with van der Waals surface area (Å²) < 4.78 is 1.53. The molecule has 84 valence electrons. The quantitative estimate of drug-likeness (QED) is 0.523. The third-order valence-electron chi connectivity index (χ3n) is 1.61. The molecule has 0 aliphatic rings. The van der Waals surface area contributed by atoms with Crippen molar-refractivity contribution in [2.45, 2.75) is 39.5 Å². The normalized spacial score (nSPS) is 12.9. The predicted octanol–water partition coefficient (Wildman–Crippen LogP) is 5.66. The van der Waals surface area contributed by atoms with Crippen LogP contribution in [0.25, 0.3) is 0 Å². The summed E-state index contributed by atoms with van der Waals surface area (Å²) in [6.45, 7) is 4.35. The van der Waals surface area contributed by atoms with Crippen molar-refractivity contribution in [2.75, 3.05) is 11.5 Å². The summed E-state index contributed by atoms with van der Waals surface area (Å²) in [5.74, 6) is 2.14. The molecule has 0 atom stereocenters. The molecule has 0 N–H and O–H groups in total. The van der Waals surface area contributed by atoms with Crippen molar-refractivity contribution in [3.05, 3.63) is 8.73 Å².